The lowest BCUT2D eigenvalue weighted by Crippen LogP contribution is -2.30. The van der Waals surface area contributed by atoms with Crippen LogP contribution in [-0.2, 0) is 65.4 Å². The van der Waals surface area contributed by atoms with E-state index in [2.05, 4.69) is 48.5 Å². The molecular formula is C83H162O17P2. The minimum Gasteiger partial charge on any atom is -0.462 e. The van der Waals surface area contributed by atoms with Gasteiger partial charge in [-0.3, -0.25) is 37.3 Å². The van der Waals surface area contributed by atoms with E-state index in [0.717, 1.165) is 108 Å². The molecule has 0 radical (unpaired) electrons. The van der Waals surface area contributed by atoms with Crippen LogP contribution in [0.15, 0.2) is 0 Å². The van der Waals surface area contributed by atoms with Crippen molar-refractivity contribution < 1.29 is 80.2 Å². The third kappa shape index (κ3) is 76.3. The lowest BCUT2D eigenvalue weighted by atomic mass is 10.0. The van der Waals surface area contributed by atoms with Gasteiger partial charge in [0.25, 0.3) is 0 Å². The largest absolute Gasteiger partial charge is 0.472 e. The number of rotatable bonds is 81. The van der Waals surface area contributed by atoms with Gasteiger partial charge < -0.3 is 33.8 Å². The summed E-state index contributed by atoms with van der Waals surface area (Å²) in [5, 5.41) is 10.7. The van der Waals surface area contributed by atoms with Gasteiger partial charge in [0, 0.05) is 25.7 Å². The van der Waals surface area contributed by atoms with Crippen molar-refractivity contribution in [3.8, 4) is 0 Å². The fraction of sp³-hybridized carbons (Fsp3) is 0.952. The Morgan fingerprint density at radius 1 is 0.265 bits per heavy atom. The van der Waals surface area contributed by atoms with Crippen LogP contribution in [0.2, 0.25) is 0 Å². The molecule has 0 aliphatic rings. The average Bonchev–Trinajstić information content (AvgIpc) is 0.908. The van der Waals surface area contributed by atoms with Gasteiger partial charge in [-0.15, -0.1) is 0 Å². The predicted octanol–water partition coefficient (Wildman–Crippen LogP) is 24.9. The highest BCUT2D eigenvalue weighted by molar-refractivity contribution is 7.47. The Kier molecular flexibility index (Phi) is 71.8. The summed E-state index contributed by atoms with van der Waals surface area (Å²) >= 11 is 0. The first-order chi connectivity index (χ1) is 49.2. The number of esters is 4. The molecule has 5 atom stereocenters. The molecule has 19 heteroatoms. The molecule has 2 unspecified atom stereocenters. The number of hydrogen-bond donors (Lipinski definition) is 3. The minimum atomic E-state index is -4.96. The maximum absolute atomic E-state index is 13.1. The number of carbonyl (C=O) groups excluding carboxylic acids is 4. The molecule has 0 saturated carbocycles. The van der Waals surface area contributed by atoms with E-state index in [-0.39, 0.29) is 25.7 Å². The molecule has 0 spiro atoms. The number of ether oxygens (including phenoxy) is 4. The average molecular weight is 1490 g/mol. The zero-order valence-corrected chi connectivity index (χ0v) is 68.9. The van der Waals surface area contributed by atoms with Crippen molar-refractivity contribution in [3.05, 3.63) is 0 Å². The van der Waals surface area contributed by atoms with Crippen molar-refractivity contribution in [2.24, 2.45) is 17.8 Å². The van der Waals surface area contributed by atoms with E-state index >= 15 is 0 Å². The van der Waals surface area contributed by atoms with Crippen molar-refractivity contribution in [2.75, 3.05) is 39.6 Å². The third-order valence-electron chi connectivity index (χ3n) is 19.4. The molecule has 0 saturated heterocycles. The van der Waals surface area contributed by atoms with E-state index in [1.54, 1.807) is 0 Å². The lowest BCUT2D eigenvalue weighted by molar-refractivity contribution is -0.161. The molecule has 0 aromatic carbocycles. The molecule has 0 bridgehead atoms. The molecule has 0 aliphatic heterocycles. The van der Waals surface area contributed by atoms with Gasteiger partial charge in [0.15, 0.2) is 12.2 Å². The number of unbranched alkanes of at least 4 members (excludes halogenated alkanes) is 49. The van der Waals surface area contributed by atoms with Gasteiger partial charge in [-0.05, 0) is 43.4 Å². The van der Waals surface area contributed by atoms with Crippen molar-refractivity contribution >= 4 is 39.5 Å². The summed E-state index contributed by atoms with van der Waals surface area (Å²) in [4.78, 5) is 73.2. The molecule has 0 amide bonds. The van der Waals surface area contributed by atoms with Crippen LogP contribution in [0.3, 0.4) is 0 Å². The Labute approximate surface area is 626 Å². The van der Waals surface area contributed by atoms with E-state index in [4.69, 9.17) is 37.0 Å². The second kappa shape index (κ2) is 73.2. The highest BCUT2D eigenvalue weighted by atomic mass is 31.2. The number of aliphatic hydroxyl groups is 1. The van der Waals surface area contributed by atoms with Crippen LogP contribution < -0.4 is 0 Å². The molecule has 606 valence electrons. The standard InChI is InChI=1S/C83H162O17P2/c1-8-9-10-11-12-13-14-15-16-17-25-30-37-45-52-59-66-82(87)100-79(71-94-81(86)65-58-51-44-39-32-35-42-49-56-63-76(6)7)73-98-102(91,92)96-69-77(84)68-95-101(89,90)97-72-78(99-83(88)67-60-53-46-38-31-26-21-19-23-28-34-41-48-55-62-75(4)5)70-93-80(85)64-57-50-43-36-29-24-20-18-22-27-33-40-47-54-61-74(2)3/h74-79,84H,8-73H2,1-7H3,(H,89,90)(H,91,92)/t77-,78-,79-/m1/s1. The number of phosphoric ester groups is 2. The fourth-order valence-electron chi connectivity index (χ4n) is 12.8. The van der Waals surface area contributed by atoms with Crippen LogP contribution in [0, 0.1) is 17.8 Å². The quantitative estimate of drug-likeness (QED) is 0.0222. The van der Waals surface area contributed by atoms with E-state index in [9.17, 15) is 43.2 Å². The van der Waals surface area contributed by atoms with Gasteiger partial charge in [-0.1, -0.05) is 382 Å². The Morgan fingerprint density at radius 2 is 0.451 bits per heavy atom. The van der Waals surface area contributed by atoms with Crippen molar-refractivity contribution in [3.63, 3.8) is 0 Å². The molecule has 0 rings (SSSR count). The summed E-state index contributed by atoms with van der Waals surface area (Å²) in [5.41, 5.74) is 0. The van der Waals surface area contributed by atoms with Crippen LogP contribution >= 0.6 is 15.6 Å². The Bertz CT molecular complexity index is 1970. The molecule has 0 aromatic heterocycles. The predicted molar refractivity (Wildman–Crippen MR) is 418 cm³/mol. The fourth-order valence-corrected chi connectivity index (χ4v) is 14.4. The van der Waals surface area contributed by atoms with E-state index in [0.29, 0.717) is 25.7 Å². The highest BCUT2D eigenvalue weighted by Crippen LogP contribution is 2.45. The smallest absolute Gasteiger partial charge is 0.462 e. The summed E-state index contributed by atoms with van der Waals surface area (Å²) in [5.74, 6) is 0.232. The van der Waals surface area contributed by atoms with Crippen molar-refractivity contribution in [1.82, 2.24) is 0 Å². The van der Waals surface area contributed by atoms with E-state index < -0.39 is 97.5 Å². The summed E-state index contributed by atoms with van der Waals surface area (Å²) in [6, 6.07) is 0. The highest BCUT2D eigenvalue weighted by Gasteiger charge is 2.30. The van der Waals surface area contributed by atoms with Crippen LogP contribution in [0.1, 0.15) is 434 Å². The molecular weight excluding hydrogens is 1330 g/mol. The molecule has 102 heavy (non-hydrogen) atoms. The first-order valence-corrected chi connectivity index (χ1v) is 45.8. The maximum Gasteiger partial charge on any atom is 0.472 e. The number of aliphatic hydroxyl groups excluding tert-OH is 1. The zero-order chi connectivity index (χ0) is 75.1. The van der Waals surface area contributed by atoms with Gasteiger partial charge in [0.05, 0.1) is 26.4 Å². The summed E-state index contributed by atoms with van der Waals surface area (Å²) in [7, 11) is -9.93. The molecule has 17 nitrogen and oxygen atoms in total. The second-order valence-corrected chi connectivity index (χ2v) is 34.2. The van der Waals surface area contributed by atoms with E-state index in [1.807, 2.05) is 0 Å². The van der Waals surface area contributed by atoms with Crippen LogP contribution in [0.5, 0.6) is 0 Å². The topological polar surface area (TPSA) is 237 Å². The van der Waals surface area contributed by atoms with Crippen LogP contribution in [0.25, 0.3) is 0 Å². The minimum absolute atomic E-state index is 0.108. The SMILES string of the molecule is CCCCCCCCCCCCCCCCCCC(=O)O[C@H](COC(=O)CCCCCCCCCCCC(C)C)COP(=O)(O)OC[C@H](O)COP(=O)(O)OC[C@@H](COC(=O)CCCCCCCCCCCCCCCCC(C)C)OC(=O)CCCCCCCCCCCCCCCCC(C)C. The molecule has 0 heterocycles. The summed E-state index contributed by atoms with van der Waals surface area (Å²) in [6.45, 7) is 12.0. The van der Waals surface area contributed by atoms with Crippen LogP contribution in [0.4, 0.5) is 0 Å². The van der Waals surface area contributed by atoms with Gasteiger partial charge in [0.1, 0.15) is 19.3 Å². The first kappa shape index (κ1) is 100. The van der Waals surface area contributed by atoms with Crippen LogP contribution in [-0.4, -0.2) is 96.7 Å². The number of phosphoric acid groups is 2. The Hall–Kier alpha value is -1.94. The number of carbonyl (C=O) groups is 4. The van der Waals surface area contributed by atoms with E-state index in [1.165, 1.54) is 244 Å². The normalized spacial score (nSPS) is 13.9. The van der Waals surface area contributed by atoms with Crippen molar-refractivity contribution in [2.45, 2.75) is 452 Å². The summed E-state index contributed by atoms with van der Waals surface area (Å²) in [6.07, 6.45) is 62.3. The van der Waals surface area contributed by atoms with Gasteiger partial charge >= 0.3 is 39.5 Å². The molecule has 0 fully saturated rings. The monoisotopic (exact) mass is 1490 g/mol. The molecule has 3 N–H and O–H groups in total. The maximum atomic E-state index is 13.1. The first-order valence-electron chi connectivity index (χ1n) is 42.8. The summed E-state index contributed by atoms with van der Waals surface area (Å²) < 4.78 is 68.8. The zero-order valence-electron chi connectivity index (χ0n) is 67.1. The lowest BCUT2D eigenvalue weighted by Gasteiger charge is -2.21. The Balaban J connectivity index is 5.27. The van der Waals surface area contributed by atoms with Gasteiger partial charge in [-0.25, -0.2) is 9.13 Å². The van der Waals surface area contributed by atoms with Gasteiger partial charge in [-0.2, -0.15) is 0 Å². The van der Waals surface area contributed by atoms with Crippen molar-refractivity contribution in [1.29, 1.82) is 0 Å². The Morgan fingerprint density at radius 3 is 0.667 bits per heavy atom. The van der Waals surface area contributed by atoms with Gasteiger partial charge in [0.2, 0.25) is 0 Å². The second-order valence-electron chi connectivity index (χ2n) is 31.3. The molecule has 0 aromatic rings. The molecule has 0 aliphatic carbocycles. The third-order valence-corrected chi connectivity index (χ3v) is 21.3. The number of hydrogen-bond acceptors (Lipinski definition) is 15.